The van der Waals surface area contributed by atoms with Crippen molar-refractivity contribution < 1.29 is 4.79 Å². The van der Waals surface area contributed by atoms with Crippen LogP contribution in [-0.2, 0) is 0 Å². The fraction of sp³-hybridized carbons (Fsp3) is 0.250. The first-order valence-electron chi connectivity index (χ1n) is 4.70. The van der Waals surface area contributed by atoms with Crippen LogP contribution in [0.5, 0.6) is 0 Å². The highest BCUT2D eigenvalue weighted by Crippen LogP contribution is 2.22. The van der Waals surface area contributed by atoms with E-state index in [1.165, 1.54) is 0 Å². The van der Waals surface area contributed by atoms with Gasteiger partial charge in [-0.2, -0.15) is 0 Å². The molecule has 0 spiro atoms. The maximum absolute atomic E-state index is 11.5. The number of hydrogen-bond acceptors (Lipinski definition) is 1. The number of benzene rings is 1. The van der Waals surface area contributed by atoms with E-state index in [4.69, 9.17) is 0 Å². The van der Waals surface area contributed by atoms with Crippen molar-refractivity contribution in [1.29, 1.82) is 0 Å². The lowest BCUT2D eigenvalue weighted by Crippen LogP contribution is -2.07. The Labute approximate surface area is 83.2 Å². The molecule has 0 atom stereocenters. The van der Waals surface area contributed by atoms with E-state index in [-0.39, 0.29) is 5.91 Å². The van der Waals surface area contributed by atoms with Gasteiger partial charge in [-0.25, -0.2) is 0 Å². The minimum atomic E-state index is 0.0757. The molecule has 0 aliphatic rings. The zero-order chi connectivity index (χ0) is 10.3. The molecule has 0 saturated carbocycles. The van der Waals surface area contributed by atoms with Crippen LogP contribution >= 0.6 is 0 Å². The van der Waals surface area contributed by atoms with Crippen LogP contribution in [0.4, 0.5) is 0 Å². The van der Waals surface area contributed by atoms with Gasteiger partial charge in [0.25, 0.3) is 0 Å². The third-order valence-electron chi connectivity index (χ3n) is 2.52. The van der Waals surface area contributed by atoms with Crippen LogP contribution < -0.4 is 0 Å². The molecule has 0 radical (unpaired) electrons. The molecule has 0 aliphatic carbocycles. The number of nitrogens with zero attached hydrogens (tertiary/aromatic N) is 1. The summed E-state index contributed by atoms with van der Waals surface area (Å²) in [5.41, 5.74) is 3.19. The number of carbonyl (C=O) groups is 1. The van der Waals surface area contributed by atoms with E-state index >= 15 is 0 Å². The number of aromatic nitrogens is 1. The van der Waals surface area contributed by atoms with Crippen molar-refractivity contribution in [2.75, 3.05) is 0 Å². The molecule has 1 aromatic carbocycles. The Hall–Kier alpha value is -1.57. The quantitative estimate of drug-likeness (QED) is 0.621. The van der Waals surface area contributed by atoms with Gasteiger partial charge in [0.05, 0.1) is 5.52 Å². The number of hydrogen-bond donors (Lipinski definition) is 0. The van der Waals surface area contributed by atoms with Gasteiger partial charge in [0.2, 0.25) is 5.91 Å². The molecular formula is C12H13NO. The molecule has 0 fully saturated rings. The monoisotopic (exact) mass is 187 g/mol. The molecule has 2 aromatic rings. The smallest absolute Gasteiger partial charge is 0.228 e. The van der Waals surface area contributed by atoms with E-state index in [1.807, 2.05) is 38.1 Å². The number of rotatable bonds is 0. The molecule has 2 heteroatoms. The first-order chi connectivity index (χ1) is 6.61. The van der Waals surface area contributed by atoms with Crippen LogP contribution in [-0.4, -0.2) is 10.5 Å². The molecule has 14 heavy (non-hydrogen) atoms. The van der Waals surface area contributed by atoms with Crippen molar-refractivity contribution in [1.82, 2.24) is 4.57 Å². The van der Waals surface area contributed by atoms with E-state index in [9.17, 15) is 4.79 Å². The predicted octanol–water partition coefficient (Wildman–Crippen LogP) is 2.92. The van der Waals surface area contributed by atoms with Crippen LogP contribution in [0, 0.1) is 13.8 Å². The summed E-state index contributed by atoms with van der Waals surface area (Å²) in [7, 11) is 0. The fourth-order valence-corrected chi connectivity index (χ4v) is 1.98. The molecule has 0 N–H and O–H groups in total. The highest BCUT2D eigenvalue weighted by molar-refractivity contribution is 5.94. The normalized spacial score (nSPS) is 10.8. The largest absolute Gasteiger partial charge is 0.284 e. The molecule has 0 aliphatic heterocycles. The van der Waals surface area contributed by atoms with Gasteiger partial charge >= 0.3 is 0 Å². The maximum Gasteiger partial charge on any atom is 0.228 e. The highest BCUT2D eigenvalue weighted by Gasteiger charge is 2.09. The third kappa shape index (κ3) is 1.15. The molecule has 0 unspecified atom stereocenters. The topological polar surface area (TPSA) is 22.0 Å². The van der Waals surface area contributed by atoms with Gasteiger partial charge < -0.3 is 0 Å². The molecule has 2 nitrogen and oxygen atoms in total. The molecule has 1 aromatic heterocycles. The molecule has 72 valence electrons. The van der Waals surface area contributed by atoms with Crippen molar-refractivity contribution in [2.24, 2.45) is 0 Å². The lowest BCUT2D eigenvalue weighted by Gasteiger charge is -2.04. The van der Waals surface area contributed by atoms with Gasteiger partial charge in [-0.15, -0.1) is 0 Å². The Morgan fingerprint density at radius 3 is 2.64 bits per heavy atom. The zero-order valence-corrected chi connectivity index (χ0v) is 8.66. The van der Waals surface area contributed by atoms with Crippen LogP contribution in [0.15, 0.2) is 24.3 Å². The molecule has 0 bridgehead atoms. The second-order valence-electron chi connectivity index (χ2n) is 3.65. The van der Waals surface area contributed by atoms with Crippen LogP contribution in [0.2, 0.25) is 0 Å². The molecule has 0 amide bonds. The van der Waals surface area contributed by atoms with Crippen molar-refractivity contribution in [3.8, 4) is 0 Å². The zero-order valence-electron chi connectivity index (χ0n) is 8.66. The Bertz CT molecular complexity index is 508. The SMILES string of the molecule is CC(=O)n1c(C)cc2cccc(C)c21. The second kappa shape index (κ2) is 2.98. The van der Waals surface area contributed by atoms with Gasteiger partial charge in [0.1, 0.15) is 0 Å². The summed E-state index contributed by atoms with van der Waals surface area (Å²) < 4.78 is 1.77. The molecular weight excluding hydrogens is 174 g/mol. The summed E-state index contributed by atoms with van der Waals surface area (Å²) in [5, 5.41) is 1.14. The fourth-order valence-electron chi connectivity index (χ4n) is 1.98. The highest BCUT2D eigenvalue weighted by atomic mass is 16.1. The van der Waals surface area contributed by atoms with E-state index in [0.717, 1.165) is 22.2 Å². The van der Waals surface area contributed by atoms with Crippen molar-refractivity contribution in [3.05, 3.63) is 35.5 Å². The van der Waals surface area contributed by atoms with Gasteiger partial charge in [-0.05, 0) is 25.5 Å². The van der Waals surface area contributed by atoms with Crippen molar-refractivity contribution >= 4 is 16.8 Å². The summed E-state index contributed by atoms with van der Waals surface area (Å²) in [6.07, 6.45) is 0. The van der Waals surface area contributed by atoms with E-state index in [1.54, 1.807) is 11.5 Å². The van der Waals surface area contributed by atoms with Gasteiger partial charge in [-0.1, -0.05) is 18.2 Å². The van der Waals surface area contributed by atoms with Crippen LogP contribution in [0.1, 0.15) is 23.0 Å². The summed E-state index contributed by atoms with van der Waals surface area (Å²) in [6, 6.07) is 8.13. The van der Waals surface area contributed by atoms with Crippen LogP contribution in [0.25, 0.3) is 10.9 Å². The third-order valence-corrected chi connectivity index (χ3v) is 2.52. The summed E-state index contributed by atoms with van der Waals surface area (Å²) in [5.74, 6) is 0.0757. The standard InChI is InChI=1S/C12H13NO/c1-8-5-4-6-11-7-9(2)13(10(3)14)12(8)11/h4-7H,1-3H3. The minimum Gasteiger partial charge on any atom is -0.284 e. The molecule has 2 rings (SSSR count). The van der Waals surface area contributed by atoms with Gasteiger partial charge in [0.15, 0.2) is 0 Å². The van der Waals surface area contributed by atoms with E-state index < -0.39 is 0 Å². The second-order valence-corrected chi connectivity index (χ2v) is 3.65. The minimum absolute atomic E-state index is 0.0757. The Morgan fingerprint density at radius 1 is 1.29 bits per heavy atom. The van der Waals surface area contributed by atoms with Gasteiger partial charge in [-0.3, -0.25) is 9.36 Å². The van der Waals surface area contributed by atoms with Crippen molar-refractivity contribution in [2.45, 2.75) is 20.8 Å². The first-order valence-corrected chi connectivity index (χ1v) is 4.70. The first kappa shape index (κ1) is 9.00. The number of fused-ring (bicyclic) bond motifs is 1. The lowest BCUT2D eigenvalue weighted by molar-refractivity contribution is 0.0939. The van der Waals surface area contributed by atoms with Crippen LogP contribution in [0.3, 0.4) is 0 Å². The lowest BCUT2D eigenvalue weighted by atomic mass is 10.2. The van der Waals surface area contributed by atoms with E-state index in [2.05, 4.69) is 0 Å². The molecule has 1 heterocycles. The average molecular weight is 187 g/mol. The average Bonchev–Trinajstić information content (AvgIpc) is 2.42. The van der Waals surface area contributed by atoms with Crippen molar-refractivity contribution in [3.63, 3.8) is 0 Å². The Kier molecular flexibility index (Phi) is 1.92. The molecule has 0 saturated heterocycles. The summed E-state index contributed by atoms with van der Waals surface area (Å²) in [4.78, 5) is 11.5. The Morgan fingerprint density at radius 2 is 2.00 bits per heavy atom. The predicted molar refractivity (Wildman–Crippen MR) is 57.7 cm³/mol. The maximum atomic E-state index is 11.5. The summed E-state index contributed by atoms with van der Waals surface area (Å²) >= 11 is 0. The van der Waals surface area contributed by atoms with E-state index in [0.29, 0.717) is 0 Å². The number of para-hydroxylation sites is 1. The number of aryl methyl sites for hydroxylation is 2. The summed E-state index contributed by atoms with van der Waals surface area (Å²) in [6.45, 7) is 5.58. The Balaban J connectivity index is 2.93. The van der Waals surface area contributed by atoms with Gasteiger partial charge in [0, 0.05) is 18.0 Å². The number of carbonyl (C=O) groups excluding carboxylic acids is 1.